The molecular formula is C22H24N2O3. The molecule has 5 nitrogen and oxygen atoms in total. The molecule has 1 unspecified atom stereocenters. The molecule has 27 heavy (non-hydrogen) atoms. The van der Waals surface area contributed by atoms with Gasteiger partial charge in [-0.2, -0.15) is 0 Å². The van der Waals surface area contributed by atoms with Gasteiger partial charge < -0.3 is 14.8 Å². The number of nitrogens with zero attached hydrogens (tertiary/aromatic N) is 1. The van der Waals surface area contributed by atoms with Crippen molar-refractivity contribution in [2.45, 2.75) is 19.4 Å². The fraction of sp³-hybridized carbons (Fsp3) is 0.318. The van der Waals surface area contributed by atoms with Crippen molar-refractivity contribution in [3.8, 4) is 11.5 Å². The van der Waals surface area contributed by atoms with E-state index in [1.165, 1.54) is 11.1 Å². The van der Waals surface area contributed by atoms with Gasteiger partial charge in [0.1, 0.15) is 13.2 Å². The van der Waals surface area contributed by atoms with E-state index in [1.54, 1.807) is 0 Å². The minimum absolute atomic E-state index is 0.0109. The summed E-state index contributed by atoms with van der Waals surface area (Å²) in [5.41, 5.74) is 3.35. The van der Waals surface area contributed by atoms with Crippen LogP contribution in [0.4, 0.5) is 5.69 Å². The Bertz CT molecular complexity index is 848. The second kappa shape index (κ2) is 7.84. The van der Waals surface area contributed by atoms with E-state index >= 15 is 0 Å². The van der Waals surface area contributed by atoms with E-state index in [9.17, 15) is 4.79 Å². The van der Waals surface area contributed by atoms with Crippen molar-refractivity contribution in [1.29, 1.82) is 0 Å². The van der Waals surface area contributed by atoms with Crippen LogP contribution in [0.3, 0.4) is 0 Å². The van der Waals surface area contributed by atoms with Gasteiger partial charge in [-0.05, 0) is 36.6 Å². The average Bonchev–Trinajstić information content (AvgIpc) is 2.74. The van der Waals surface area contributed by atoms with Gasteiger partial charge >= 0.3 is 0 Å². The van der Waals surface area contributed by atoms with Crippen LogP contribution in [-0.4, -0.2) is 43.2 Å². The number of benzene rings is 2. The highest BCUT2D eigenvalue weighted by molar-refractivity contribution is 5.95. The van der Waals surface area contributed by atoms with Crippen LogP contribution in [0.2, 0.25) is 0 Å². The Kier molecular flexibility index (Phi) is 5.12. The van der Waals surface area contributed by atoms with Gasteiger partial charge in [-0.1, -0.05) is 36.4 Å². The topological polar surface area (TPSA) is 50.8 Å². The highest BCUT2D eigenvalue weighted by Crippen LogP contribution is 2.32. The lowest BCUT2D eigenvalue weighted by Gasteiger charge is -2.31. The molecule has 0 bridgehead atoms. The van der Waals surface area contributed by atoms with E-state index in [4.69, 9.17) is 9.47 Å². The smallest absolute Gasteiger partial charge is 0.241 e. The summed E-state index contributed by atoms with van der Waals surface area (Å²) in [6.07, 6.45) is 3.18. The summed E-state index contributed by atoms with van der Waals surface area (Å²) in [4.78, 5) is 14.9. The predicted octanol–water partition coefficient (Wildman–Crippen LogP) is 3.57. The fourth-order valence-corrected chi connectivity index (χ4v) is 3.48. The molecular weight excluding hydrogens is 340 g/mol. The molecule has 4 rings (SSSR count). The molecule has 1 amide bonds. The highest BCUT2D eigenvalue weighted by Gasteiger charge is 2.24. The summed E-state index contributed by atoms with van der Waals surface area (Å²) in [6.45, 7) is 4.69. The van der Waals surface area contributed by atoms with Crippen molar-refractivity contribution in [2.75, 3.05) is 31.6 Å². The van der Waals surface area contributed by atoms with E-state index in [0.29, 0.717) is 19.0 Å². The Morgan fingerprint density at radius 2 is 1.85 bits per heavy atom. The SMILES string of the molecule is CC(C(=O)Nc1ccc2c(c1)OCCO2)N1CC=C(c2ccccc2)CC1. The van der Waals surface area contributed by atoms with Crippen LogP contribution < -0.4 is 14.8 Å². The van der Waals surface area contributed by atoms with Gasteiger partial charge in [-0.15, -0.1) is 0 Å². The Morgan fingerprint density at radius 3 is 2.59 bits per heavy atom. The number of fused-ring (bicyclic) bond motifs is 1. The van der Waals surface area contributed by atoms with Crippen LogP contribution >= 0.6 is 0 Å². The van der Waals surface area contributed by atoms with Crippen molar-refractivity contribution in [3.63, 3.8) is 0 Å². The summed E-state index contributed by atoms with van der Waals surface area (Å²) >= 11 is 0. The quantitative estimate of drug-likeness (QED) is 0.901. The van der Waals surface area contributed by atoms with Crippen LogP contribution in [-0.2, 0) is 4.79 Å². The third-order valence-electron chi connectivity index (χ3n) is 5.12. The number of carbonyl (C=O) groups is 1. The Morgan fingerprint density at radius 1 is 1.07 bits per heavy atom. The largest absolute Gasteiger partial charge is 0.486 e. The molecule has 0 spiro atoms. The van der Waals surface area contributed by atoms with Gasteiger partial charge in [0.25, 0.3) is 0 Å². The normalized spacial score (nSPS) is 17.7. The van der Waals surface area contributed by atoms with Crippen molar-refractivity contribution < 1.29 is 14.3 Å². The molecule has 0 aliphatic carbocycles. The van der Waals surface area contributed by atoms with Gasteiger partial charge in [-0.3, -0.25) is 9.69 Å². The lowest BCUT2D eigenvalue weighted by molar-refractivity contribution is -0.120. The molecule has 1 atom stereocenters. The van der Waals surface area contributed by atoms with E-state index in [2.05, 4.69) is 40.6 Å². The standard InChI is InChI=1S/C22H24N2O3/c1-16(24-11-9-18(10-12-24)17-5-3-2-4-6-17)22(25)23-19-7-8-20-21(15-19)27-14-13-26-20/h2-9,15-16H,10-14H2,1H3,(H,23,25). The Balaban J connectivity index is 1.38. The minimum atomic E-state index is -0.202. The molecule has 2 aromatic rings. The third kappa shape index (κ3) is 3.98. The molecule has 5 heteroatoms. The summed E-state index contributed by atoms with van der Waals surface area (Å²) < 4.78 is 11.1. The number of carbonyl (C=O) groups excluding carboxylic acids is 1. The van der Waals surface area contributed by atoms with Gasteiger partial charge in [0, 0.05) is 24.8 Å². The van der Waals surface area contributed by atoms with Crippen molar-refractivity contribution in [1.82, 2.24) is 4.90 Å². The molecule has 0 aromatic heterocycles. The number of amides is 1. The first-order valence-corrected chi connectivity index (χ1v) is 9.40. The Hall–Kier alpha value is -2.79. The second-order valence-corrected chi connectivity index (χ2v) is 6.86. The first-order valence-electron chi connectivity index (χ1n) is 9.40. The second-order valence-electron chi connectivity index (χ2n) is 6.86. The number of nitrogens with one attached hydrogen (secondary N) is 1. The molecule has 0 fully saturated rings. The van der Waals surface area contributed by atoms with Crippen molar-refractivity contribution >= 4 is 17.2 Å². The zero-order valence-electron chi connectivity index (χ0n) is 15.5. The molecule has 0 saturated heterocycles. The van der Waals surface area contributed by atoms with Crippen LogP contribution in [0.15, 0.2) is 54.6 Å². The molecule has 140 valence electrons. The van der Waals surface area contributed by atoms with Crippen LogP contribution in [0.25, 0.3) is 5.57 Å². The maximum atomic E-state index is 12.7. The fourth-order valence-electron chi connectivity index (χ4n) is 3.48. The molecule has 0 saturated carbocycles. The first-order chi connectivity index (χ1) is 13.2. The lowest BCUT2D eigenvalue weighted by Crippen LogP contribution is -2.44. The van der Waals surface area contributed by atoms with Crippen LogP contribution in [0.5, 0.6) is 11.5 Å². The summed E-state index contributed by atoms with van der Waals surface area (Å²) in [7, 11) is 0. The van der Waals surface area contributed by atoms with Gasteiger partial charge in [-0.25, -0.2) is 0 Å². The molecule has 2 heterocycles. The van der Waals surface area contributed by atoms with E-state index in [1.807, 2.05) is 31.2 Å². The molecule has 2 aromatic carbocycles. The first kappa shape index (κ1) is 17.6. The molecule has 2 aliphatic rings. The maximum absolute atomic E-state index is 12.7. The van der Waals surface area contributed by atoms with Crippen molar-refractivity contribution in [2.24, 2.45) is 0 Å². The lowest BCUT2D eigenvalue weighted by atomic mass is 9.99. The van der Waals surface area contributed by atoms with E-state index in [0.717, 1.165) is 30.9 Å². The van der Waals surface area contributed by atoms with Crippen LogP contribution in [0, 0.1) is 0 Å². The van der Waals surface area contributed by atoms with E-state index < -0.39 is 0 Å². The van der Waals surface area contributed by atoms with Gasteiger partial charge in [0.2, 0.25) is 5.91 Å². The Labute approximate surface area is 159 Å². The number of rotatable bonds is 4. The summed E-state index contributed by atoms with van der Waals surface area (Å²) in [5.74, 6) is 1.39. The summed E-state index contributed by atoms with van der Waals surface area (Å²) in [6, 6.07) is 15.7. The van der Waals surface area contributed by atoms with Crippen LogP contribution in [0.1, 0.15) is 18.9 Å². The zero-order chi connectivity index (χ0) is 18.6. The third-order valence-corrected chi connectivity index (χ3v) is 5.12. The van der Waals surface area contributed by atoms with Gasteiger partial charge in [0.05, 0.1) is 6.04 Å². The average molecular weight is 364 g/mol. The van der Waals surface area contributed by atoms with Gasteiger partial charge in [0.15, 0.2) is 11.5 Å². The minimum Gasteiger partial charge on any atom is -0.486 e. The number of hydrogen-bond donors (Lipinski definition) is 1. The molecule has 2 aliphatic heterocycles. The summed E-state index contributed by atoms with van der Waals surface area (Å²) in [5, 5.41) is 3.00. The molecule has 0 radical (unpaired) electrons. The number of anilines is 1. The maximum Gasteiger partial charge on any atom is 0.241 e. The molecule has 1 N–H and O–H groups in total. The zero-order valence-corrected chi connectivity index (χ0v) is 15.5. The van der Waals surface area contributed by atoms with Crippen molar-refractivity contribution in [3.05, 3.63) is 60.2 Å². The predicted molar refractivity (Wildman–Crippen MR) is 106 cm³/mol. The van der Waals surface area contributed by atoms with E-state index in [-0.39, 0.29) is 11.9 Å². The number of hydrogen-bond acceptors (Lipinski definition) is 4. The number of ether oxygens (including phenoxy) is 2. The monoisotopic (exact) mass is 364 g/mol. The highest BCUT2D eigenvalue weighted by atomic mass is 16.6.